The molecule has 0 aliphatic heterocycles. The lowest BCUT2D eigenvalue weighted by atomic mass is 10.2. The maximum atomic E-state index is 5.89. The number of benzene rings is 1. The van der Waals surface area contributed by atoms with E-state index in [1.54, 1.807) is 17.4 Å². The maximum Gasteiger partial charge on any atom is 0.124 e. The molecule has 2 rings (SSSR count). The largest absolute Gasteiger partial charge is 0.488 e. The average Bonchev–Trinajstić information content (AvgIpc) is 2.81. The van der Waals surface area contributed by atoms with E-state index in [0.29, 0.717) is 18.2 Å². The van der Waals surface area contributed by atoms with Crippen LogP contribution in [0.2, 0.25) is 5.02 Å². The summed E-state index contributed by atoms with van der Waals surface area (Å²) in [5, 5.41) is 2.67. The van der Waals surface area contributed by atoms with Crippen LogP contribution in [0.5, 0.6) is 5.75 Å². The molecule has 0 bridgehead atoms. The van der Waals surface area contributed by atoms with Crippen molar-refractivity contribution in [2.24, 2.45) is 5.73 Å². The molecule has 2 N–H and O–H groups in total. The van der Waals surface area contributed by atoms with Crippen molar-refractivity contribution in [3.8, 4) is 17.6 Å². The van der Waals surface area contributed by atoms with Gasteiger partial charge < -0.3 is 10.5 Å². The van der Waals surface area contributed by atoms with Crippen LogP contribution in [0.15, 0.2) is 35.7 Å². The molecule has 0 amide bonds. The van der Waals surface area contributed by atoms with E-state index >= 15 is 0 Å². The molecule has 92 valence electrons. The minimum Gasteiger partial charge on any atom is -0.488 e. The SMILES string of the molecule is NCC#Cc1ccsc1COc1cccc(Cl)c1. The highest BCUT2D eigenvalue weighted by Crippen LogP contribution is 2.21. The predicted molar refractivity (Wildman–Crippen MR) is 76.0 cm³/mol. The smallest absolute Gasteiger partial charge is 0.124 e. The summed E-state index contributed by atoms with van der Waals surface area (Å²) < 4.78 is 5.68. The highest BCUT2D eigenvalue weighted by molar-refractivity contribution is 7.10. The van der Waals surface area contributed by atoms with Crippen LogP contribution in [-0.4, -0.2) is 6.54 Å². The summed E-state index contributed by atoms with van der Waals surface area (Å²) in [5.41, 5.74) is 6.34. The van der Waals surface area contributed by atoms with Gasteiger partial charge in [0.05, 0.1) is 11.4 Å². The van der Waals surface area contributed by atoms with E-state index in [1.165, 1.54) is 0 Å². The highest BCUT2D eigenvalue weighted by atomic mass is 35.5. The molecule has 2 nitrogen and oxygen atoms in total. The number of nitrogens with two attached hydrogens (primary N) is 1. The van der Waals surface area contributed by atoms with Crippen molar-refractivity contribution in [2.75, 3.05) is 6.54 Å². The van der Waals surface area contributed by atoms with E-state index in [4.69, 9.17) is 22.1 Å². The van der Waals surface area contributed by atoms with Gasteiger partial charge in [0.25, 0.3) is 0 Å². The van der Waals surface area contributed by atoms with Crippen molar-refractivity contribution in [3.05, 3.63) is 51.2 Å². The van der Waals surface area contributed by atoms with Crippen LogP contribution in [0.1, 0.15) is 10.4 Å². The summed E-state index contributed by atoms with van der Waals surface area (Å²) in [4.78, 5) is 1.09. The molecule has 0 radical (unpaired) electrons. The second-order valence-electron chi connectivity index (χ2n) is 3.51. The second-order valence-corrected chi connectivity index (χ2v) is 4.95. The summed E-state index contributed by atoms with van der Waals surface area (Å²) in [5.74, 6) is 6.63. The molecule has 4 heteroatoms. The van der Waals surface area contributed by atoms with E-state index < -0.39 is 0 Å². The van der Waals surface area contributed by atoms with Gasteiger partial charge in [-0.3, -0.25) is 0 Å². The van der Waals surface area contributed by atoms with E-state index in [0.717, 1.165) is 16.2 Å². The first-order valence-corrected chi connectivity index (χ1v) is 6.69. The molecule has 1 aromatic carbocycles. The van der Waals surface area contributed by atoms with Gasteiger partial charge in [0, 0.05) is 10.6 Å². The van der Waals surface area contributed by atoms with E-state index in [1.807, 2.05) is 29.6 Å². The van der Waals surface area contributed by atoms with Crippen LogP contribution >= 0.6 is 22.9 Å². The fraction of sp³-hybridized carbons (Fsp3) is 0.143. The van der Waals surface area contributed by atoms with Crippen molar-refractivity contribution in [1.29, 1.82) is 0 Å². The number of hydrogen-bond donors (Lipinski definition) is 1. The lowest BCUT2D eigenvalue weighted by Crippen LogP contribution is -1.96. The van der Waals surface area contributed by atoms with Crippen LogP contribution in [-0.2, 0) is 6.61 Å². The Morgan fingerprint density at radius 1 is 1.33 bits per heavy atom. The monoisotopic (exact) mass is 277 g/mol. The Hall–Kier alpha value is -1.47. The Balaban J connectivity index is 2.04. The van der Waals surface area contributed by atoms with Crippen molar-refractivity contribution < 1.29 is 4.74 Å². The van der Waals surface area contributed by atoms with Gasteiger partial charge in [-0.2, -0.15) is 0 Å². The maximum absolute atomic E-state index is 5.89. The van der Waals surface area contributed by atoms with Crippen LogP contribution in [0, 0.1) is 11.8 Å². The zero-order chi connectivity index (χ0) is 12.8. The van der Waals surface area contributed by atoms with Gasteiger partial charge in [-0.15, -0.1) is 11.3 Å². The van der Waals surface area contributed by atoms with Crippen molar-refractivity contribution in [1.82, 2.24) is 0 Å². The van der Waals surface area contributed by atoms with Gasteiger partial charge in [0.1, 0.15) is 12.4 Å². The summed E-state index contributed by atoms with van der Waals surface area (Å²) in [7, 11) is 0. The standard InChI is InChI=1S/C14H12ClNOS/c15-12-4-1-5-13(9-12)17-10-14-11(3-2-7-16)6-8-18-14/h1,4-6,8-9H,7,10,16H2. The van der Waals surface area contributed by atoms with Crippen molar-refractivity contribution in [2.45, 2.75) is 6.61 Å². The number of thiophene rings is 1. The van der Waals surface area contributed by atoms with E-state index in [9.17, 15) is 0 Å². The van der Waals surface area contributed by atoms with Crippen LogP contribution in [0.4, 0.5) is 0 Å². The Labute approximate surface area is 115 Å². The topological polar surface area (TPSA) is 35.2 Å². The lowest BCUT2D eigenvalue weighted by Gasteiger charge is -2.05. The van der Waals surface area contributed by atoms with Crippen LogP contribution < -0.4 is 10.5 Å². The van der Waals surface area contributed by atoms with Gasteiger partial charge in [0.15, 0.2) is 0 Å². The molecular formula is C14H12ClNOS. The first-order chi connectivity index (χ1) is 8.79. The summed E-state index contributed by atoms with van der Waals surface area (Å²) in [6.07, 6.45) is 0. The second kappa shape index (κ2) is 6.46. The third kappa shape index (κ3) is 3.51. The molecule has 18 heavy (non-hydrogen) atoms. The lowest BCUT2D eigenvalue weighted by molar-refractivity contribution is 0.309. The fourth-order valence-corrected chi connectivity index (χ4v) is 2.34. The van der Waals surface area contributed by atoms with Gasteiger partial charge in [-0.05, 0) is 29.6 Å². The summed E-state index contributed by atoms with van der Waals surface area (Å²) in [6, 6.07) is 9.33. The van der Waals surface area contributed by atoms with Crippen molar-refractivity contribution >= 4 is 22.9 Å². The molecule has 0 fully saturated rings. The molecule has 0 aliphatic carbocycles. The van der Waals surface area contributed by atoms with Gasteiger partial charge in [-0.25, -0.2) is 0 Å². The normalized spacial score (nSPS) is 9.67. The molecule has 0 saturated heterocycles. The Morgan fingerprint density at radius 2 is 2.22 bits per heavy atom. The quantitative estimate of drug-likeness (QED) is 0.874. The Morgan fingerprint density at radius 3 is 3.00 bits per heavy atom. The number of halogens is 1. The predicted octanol–water partition coefficient (Wildman–Crippen LogP) is 3.29. The zero-order valence-corrected chi connectivity index (χ0v) is 11.2. The molecule has 0 aliphatic rings. The molecule has 1 aromatic heterocycles. The highest BCUT2D eigenvalue weighted by Gasteiger charge is 2.03. The molecular weight excluding hydrogens is 266 g/mol. The molecule has 0 saturated carbocycles. The minimum absolute atomic E-state index is 0.366. The van der Waals surface area contributed by atoms with Crippen LogP contribution in [0.25, 0.3) is 0 Å². The van der Waals surface area contributed by atoms with Gasteiger partial charge in [0.2, 0.25) is 0 Å². The Kier molecular flexibility index (Phi) is 4.66. The van der Waals surface area contributed by atoms with Crippen molar-refractivity contribution in [3.63, 3.8) is 0 Å². The first kappa shape index (κ1) is 13.0. The summed E-state index contributed by atoms with van der Waals surface area (Å²) >= 11 is 7.51. The molecule has 0 spiro atoms. The van der Waals surface area contributed by atoms with Gasteiger partial charge in [-0.1, -0.05) is 29.5 Å². The summed E-state index contributed by atoms with van der Waals surface area (Å²) in [6.45, 7) is 0.858. The number of hydrogen-bond acceptors (Lipinski definition) is 3. The molecule has 1 heterocycles. The van der Waals surface area contributed by atoms with Gasteiger partial charge >= 0.3 is 0 Å². The van der Waals surface area contributed by atoms with E-state index in [-0.39, 0.29) is 0 Å². The Bertz CT molecular complexity index is 583. The molecule has 2 aromatic rings. The fourth-order valence-electron chi connectivity index (χ4n) is 1.42. The molecule has 0 unspecified atom stereocenters. The average molecular weight is 278 g/mol. The minimum atomic E-state index is 0.366. The zero-order valence-electron chi connectivity index (χ0n) is 9.65. The van der Waals surface area contributed by atoms with Crippen LogP contribution in [0.3, 0.4) is 0 Å². The number of ether oxygens (including phenoxy) is 1. The molecule has 0 atom stereocenters. The third-order valence-corrected chi connectivity index (χ3v) is 3.37. The van der Waals surface area contributed by atoms with E-state index in [2.05, 4.69) is 11.8 Å². The first-order valence-electron chi connectivity index (χ1n) is 5.43. The number of rotatable bonds is 3. The third-order valence-electron chi connectivity index (χ3n) is 2.24.